The minimum Gasteiger partial charge on any atom is -0.456 e. The van der Waals surface area contributed by atoms with Crippen molar-refractivity contribution in [3.63, 3.8) is 0 Å². The predicted octanol–water partition coefficient (Wildman–Crippen LogP) is 11.5. The van der Waals surface area contributed by atoms with Crippen LogP contribution in [0.5, 0.6) is 0 Å². The zero-order valence-corrected chi connectivity index (χ0v) is 27.2. The number of benzene rings is 7. The number of nitrogens with zero attached hydrogens (tertiary/aromatic N) is 3. The van der Waals surface area contributed by atoms with Crippen molar-refractivity contribution in [3.05, 3.63) is 174 Å². The second-order valence-electron chi connectivity index (χ2n) is 12.6. The van der Waals surface area contributed by atoms with Crippen LogP contribution in [0, 0.1) is 5.41 Å². The lowest BCUT2D eigenvalue weighted by Gasteiger charge is -2.07. The van der Waals surface area contributed by atoms with Gasteiger partial charge in [-0.3, -0.25) is 5.41 Å². The zero-order valence-electron chi connectivity index (χ0n) is 27.2. The minimum absolute atomic E-state index is 0.0961. The van der Waals surface area contributed by atoms with Gasteiger partial charge in [-0.15, -0.1) is 0 Å². The topological polar surface area (TPSA) is 79.8 Å². The van der Waals surface area contributed by atoms with Crippen LogP contribution < -0.4 is 0 Å². The highest BCUT2D eigenvalue weighted by Crippen LogP contribution is 2.39. The molecule has 3 aromatic heterocycles. The second-order valence-corrected chi connectivity index (χ2v) is 12.6. The fourth-order valence-corrected chi connectivity index (χ4v) is 7.12. The van der Waals surface area contributed by atoms with Crippen LogP contribution in [0.2, 0.25) is 0 Å². The van der Waals surface area contributed by atoms with Gasteiger partial charge in [0.1, 0.15) is 22.3 Å². The van der Waals surface area contributed by atoms with Gasteiger partial charge >= 0.3 is 0 Å². The van der Waals surface area contributed by atoms with Crippen molar-refractivity contribution < 1.29 is 8.83 Å². The molecule has 10 aromatic rings. The van der Waals surface area contributed by atoms with E-state index < -0.39 is 0 Å². The van der Waals surface area contributed by atoms with E-state index in [1.54, 1.807) is 6.21 Å². The molecule has 0 aliphatic carbocycles. The third-order valence-electron chi connectivity index (χ3n) is 9.54. The van der Waals surface area contributed by atoms with Gasteiger partial charge in [0.25, 0.3) is 0 Å². The lowest BCUT2D eigenvalue weighted by molar-refractivity contribution is 0.656. The molecule has 10 rings (SSSR count). The van der Waals surface area contributed by atoms with Gasteiger partial charge in [-0.25, -0.2) is 9.98 Å². The molecule has 0 aliphatic rings. The van der Waals surface area contributed by atoms with E-state index in [4.69, 9.17) is 14.2 Å². The molecule has 51 heavy (non-hydrogen) atoms. The van der Waals surface area contributed by atoms with Crippen LogP contribution in [0.25, 0.3) is 71.4 Å². The number of hydrogen-bond donors (Lipinski definition) is 1. The van der Waals surface area contributed by atoms with Crippen LogP contribution in [-0.2, 0) is 0 Å². The monoisotopic (exact) mass is 656 g/mol. The second kappa shape index (κ2) is 11.5. The number of fused-ring (bicyclic) bond motifs is 9. The molecule has 3 heterocycles. The Morgan fingerprint density at radius 1 is 0.490 bits per heavy atom. The van der Waals surface area contributed by atoms with Gasteiger partial charge in [-0.05, 0) is 54.1 Å². The molecular weight excluding hydrogens is 629 g/mol. The van der Waals surface area contributed by atoms with Gasteiger partial charge in [-0.1, -0.05) is 103 Å². The van der Waals surface area contributed by atoms with Crippen molar-refractivity contribution >= 4 is 83.6 Å². The number of nitrogens with one attached hydrogen (secondary N) is 1. The number of rotatable bonds is 4. The predicted molar refractivity (Wildman–Crippen MR) is 209 cm³/mol. The Kier molecular flexibility index (Phi) is 6.54. The van der Waals surface area contributed by atoms with E-state index in [1.165, 1.54) is 21.8 Å². The first-order valence-corrected chi connectivity index (χ1v) is 16.8. The Hall–Kier alpha value is -7.05. The van der Waals surface area contributed by atoms with Crippen LogP contribution in [-0.4, -0.2) is 22.5 Å². The maximum Gasteiger partial charge on any atom is 0.161 e. The molecule has 6 heteroatoms. The number of aromatic nitrogens is 1. The van der Waals surface area contributed by atoms with Gasteiger partial charge < -0.3 is 13.4 Å². The van der Waals surface area contributed by atoms with Gasteiger partial charge in [-0.2, -0.15) is 0 Å². The van der Waals surface area contributed by atoms with Crippen LogP contribution in [0.4, 0.5) is 0 Å². The molecule has 0 amide bonds. The third-order valence-corrected chi connectivity index (χ3v) is 9.54. The first-order valence-electron chi connectivity index (χ1n) is 16.8. The molecule has 0 aliphatic heterocycles. The van der Waals surface area contributed by atoms with E-state index in [0.29, 0.717) is 17.0 Å². The van der Waals surface area contributed by atoms with Gasteiger partial charge in [0.05, 0.1) is 11.0 Å². The molecule has 6 nitrogen and oxygen atoms in total. The van der Waals surface area contributed by atoms with E-state index in [-0.39, 0.29) is 5.84 Å². The molecule has 240 valence electrons. The summed E-state index contributed by atoms with van der Waals surface area (Å²) in [6.07, 6.45) is 1.77. The standard InChI is InChI=1S/C45H28N4O2/c46-44(48-45(29-13-5-2-6-14-29)47-27-28-11-3-1-4-12-28)30-19-21-34-36-25-37-35-24-31(20-22-40(35)50-43(37)26-42(36)51-41(34)23-30)49-38-17-9-7-15-32(38)33-16-8-10-18-39(33)49/h1-27,46H. The Morgan fingerprint density at radius 3 is 1.84 bits per heavy atom. The van der Waals surface area contributed by atoms with Crippen molar-refractivity contribution in [3.8, 4) is 5.69 Å². The van der Waals surface area contributed by atoms with Gasteiger partial charge in [0, 0.05) is 61.4 Å². The lowest BCUT2D eigenvalue weighted by atomic mass is 10.1. The minimum atomic E-state index is 0.0961. The molecular formula is C45H28N4O2. The number of amidine groups is 2. The highest BCUT2D eigenvalue weighted by molar-refractivity contribution is 6.18. The summed E-state index contributed by atoms with van der Waals surface area (Å²) in [6, 6.07) is 53.0. The van der Waals surface area contributed by atoms with Crippen molar-refractivity contribution in [2.45, 2.75) is 0 Å². The quantitative estimate of drug-likeness (QED) is 0.151. The molecule has 0 radical (unpaired) electrons. The van der Waals surface area contributed by atoms with Crippen molar-refractivity contribution in [2.24, 2.45) is 9.98 Å². The molecule has 0 fully saturated rings. The Labute approximate surface area is 291 Å². The van der Waals surface area contributed by atoms with Crippen LogP contribution in [0.15, 0.2) is 177 Å². The molecule has 0 saturated carbocycles. The van der Waals surface area contributed by atoms with E-state index in [2.05, 4.69) is 87.3 Å². The fraction of sp³-hybridized carbons (Fsp3) is 0. The number of aliphatic imine (C=N–C) groups is 2. The Morgan fingerprint density at radius 2 is 1.10 bits per heavy atom. The third kappa shape index (κ3) is 4.84. The van der Waals surface area contributed by atoms with Crippen LogP contribution in [0.3, 0.4) is 0 Å². The average molecular weight is 657 g/mol. The first-order chi connectivity index (χ1) is 25.2. The fourth-order valence-electron chi connectivity index (χ4n) is 7.12. The smallest absolute Gasteiger partial charge is 0.161 e. The van der Waals surface area contributed by atoms with Crippen molar-refractivity contribution in [2.75, 3.05) is 0 Å². The van der Waals surface area contributed by atoms with E-state index in [0.717, 1.165) is 55.1 Å². The number of para-hydroxylation sites is 2. The maximum absolute atomic E-state index is 8.95. The summed E-state index contributed by atoms with van der Waals surface area (Å²) < 4.78 is 15.1. The highest BCUT2D eigenvalue weighted by atomic mass is 16.3. The first kappa shape index (κ1) is 28.9. The Balaban J connectivity index is 1.06. The van der Waals surface area contributed by atoms with E-state index >= 15 is 0 Å². The van der Waals surface area contributed by atoms with Crippen molar-refractivity contribution in [1.29, 1.82) is 5.41 Å². The SMILES string of the molecule is N=C(N=C(N=Cc1ccccc1)c1ccccc1)c1ccc2c(c1)oc1cc3oc4ccc(-n5c6ccccc6c6ccccc65)cc4c3cc12. The molecule has 1 N–H and O–H groups in total. The molecule has 0 bridgehead atoms. The average Bonchev–Trinajstić information content (AvgIpc) is 3.84. The largest absolute Gasteiger partial charge is 0.456 e. The number of hydrogen-bond acceptors (Lipinski definition) is 3. The molecule has 7 aromatic carbocycles. The van der Waals surface area contributed by atoms with Gasteiger partial charge in [0.2, 0.25) is 0 Å². The number of furan rings is 2. The van der Waals surface area contributed by atoms with E-state index in [9.17, 15) is 0 Å². The molecule has 0 saturated heterocycles. The van der Waals surface area contributed by atoms with Crippen LogP contribution in [0.1, 0.15) is 16.7 Å². The highest BCUT2D eigenvalue weighted by Gasteiger charge is 2.17. The zero-order chi connectivity index (χ0) is 33.9. The lowest BCUT2D eigenvalue weighted by Crippen LogP contribution is -2.04. The summed E-state index contributed by atoms with van der Waals surface area (Å²) in [5.74, 6) is 0.556. The Bertz CT molecular complexity index is 2980. The van der Waals surface area contributed by atoms with Crippen molar-refractivity contribution in [1.82, 2.24) is 4.57 Å². The molecule has 0 unspecified atom stereocenters. The van der Waals surface area contributed by atoms with Gasteiger partial charge in [0.15, 0.2) is 11.7 Å². The molecule has 0 spiro atoms. The van der Waals surface area contributed by atoms with E-state index in [1.807, 2.05) is 84.9 Å². The van der Waals surface area contributed by atoms with Crippen LogP contribution >= 0.6 is 0 Å². The molecule has 0 atom stereocenters. The maximum atomic E-state index is 8.95. The summed E-state index contributed by atoms with van der Waals surface area (Å²) in [4.78, 5) is 9.35. The normalized spacial score (nSPS) is 12.4. The summed E-state index contributed by atoms with van der Waals surface area (Å²) in [6.45, 7) is 0. The summed E-state index contributed by atoms with van der Waals surface area (Å²) in [5.41, 5.74) is 8.82. The summed E-state index contributed by atoms with van der Waals surface area (Å²) in [5, 5.41) is 15.4. The summed E-state index contributed by atoms with van der Waals surface area (Å²) >= 11 is 0. The summed E-state index contributed by atoms with van der Waals surface area (Å²) in [7, 11) is 0.